The van der Waals surface area contributed by atoms with Crippen molar-refractivity contribution in [2.75, 3.05) is 13.2 Å². The molecule has 3 aromatic rings. The molecule has 0 bridgehead atoms. The fourth-order valence-corrected chi connectivity index (χ4v) is 2.96. The smallest absolute Gasteiger partial charge is 0.273 e. The molecular weight excluding hydrogens is 386 g/mol. The maximum atomic E-state index is 12.4. The summed E-state index contributed by atoms with van der Waals surface area (Å²) in [7, 11) is 0. The zero-order valence-corrected chi connectivity index (χ0v) is 16.8. The van der Waals surface area contributed by atoms with E-state index in [2.05, 4.69) is 15.6 Å². The molecule has 1 aromatic heterocycles. The Morgan fingerprint density at radius 2 is 2.00 bits per heavy atom. The van der Waals surface area contributed by atoms with Crippen LogP contribution in [0.5, 0.6) is 0 Å². The lowest BCUT2D eigenvalue weighted by molar-refractivity contribution is -0.384. The number of ether oxygens (including phenoxy) is 1. The number of rotatable bonds is 9. The average Bonchev–Trinajstić information content (AvgIpc) is 3.15. The summed E-state index contributed by atoms with van der Waals surface area (Å²) in [6.45, 7) is 4.63. The number of amides is 1. The Hall–Kier alpha value is -3.59. The summed E-state index contributed by atoms with van der Waals surface area (Å²) < 4.78 is 7.20. The van der Waals surface area contributed by atoms with E-state index in [1.165, 1.54) is 16.8 Å². The third-order valence-corrected chi connectivity index (χ3v) is 4.64. The fourth-order valence-electron chi connectivity index (χ4n) is 2.96. The van der Waals surface area contributed by atoms with Gasteiger partial charge < -0.3 is 10.1 Å². The van der Waals surface area contributed by atoms with Crippen LogP contribution in [-0.4, -0.2) is 39.0 Å². The van der Waals surface area contributed by atoms with Gasteiger partial charge in [-0.2, -0.15) is 0 Å². The van der Waals surface area contributed by atoms with Crippen molar-refractivity contribution in [2.45, 2.75) is 26.4 Å². The number of aromatic nitrogens is 3. The predicted octanol–water partition coefficient (Wildman–Crippen LogP) is 3.38. The van der Waals surface area contributed by atoms with Gasteiger partial charge in [-0.25, -0.2) is 4.68 Å². The summed E-state index contributed by atoms with van der Waals surface area (Å²) in [6.07, 6.45) is 0.639. The highest BCUT2D eigenvalue weighted by Gasteiger charge is 2.18. The van der Waals surface area contributed by atoms with Crippen molar-refractivity contribution in [3.05, 3.63) is 81.7 Å². The van der Waals surface area contributed by atoms with Crippen molar-refractivity contribution in [1.29, 1.82) is 0 Å². The van der Waals surface area contributed by atoms with Crippen LogP contribution >= 0.6 is 0 Å². The van der Waals surface area contributed by atoms with E-state index in [-0.39, 0.29) is 23.4 Å². The van der Waals surface area contributed by atoms with Gasteiger partial charge in [0.2, 0.25) is 0 Å². The maximum Gasteiger partial charge on any atom is 0.273 e. The Balaban J connectivity index is 1.52. The SMILES string of the molecule is Cc1c(C(=O)NCCCOC(C)c2ccccc2)nnn1-c1cccc([N+](=O)[O-])c1. The monoisotopic (exact) mass is 409 g/mol. The first-order chi connectivity index (χ1) is 14.5. The van der Waals surface area contributed by atoms with Gasteiger partial charge in [0.15, 0.2) is 5.69 Å². The highest BCUT2D eigenvalue weighted by molar-refractivity contribution is 5.93. The summed E-state index contributed by atoms with van der Waals surface area (Å²) in [4.78, 5) is 22.9. The zero-order chi connectivity index (χ0) is 21.5. The van der Waals surface area contributed by atoms with Crippen molar-refractivity contribution < 1.29 is 14.5 Å². The lowest BCUT2D eigenvalue weighted by Crippen LogP contribution is -2.26. The number of nitrogens with one attached hydrogen (secondary N) is 1. The summed E-state index contributed by atoms with van der Waals surface area (Å²) in [5, 5.41) is 21.7. The maximum absolute atomic E-state index is 12.4. The number of hydrogen-bond acceptors (Lipinski definition) is 6. The third kappa shape index (κ3) is 5.06. The highest BCUT2D eigenvalue weighted by atomic mass is 16.6. The number of hydrogen-bond donors (Lipinski definition) is 1. The van der Waals surface area contributed by atoms with Crippen molar-refractivity contribution in [3.8, 4) is 5.69 Å². The van der Waals surface area contributed by atoms with E-state index >= 15 is 0 Å². The van der Waals surface area contributed by atoms with E-state index in [9.17, 15) is 14.9 Å². The van der Waals surface area contributed by atoms with Gasteiger partial charge in [-0.1, -0.05) is 41.6 Å². The molecule has 156 valence electrons. The largest absolute Gasteiger partial charge is 0.374 e. The minimum absolute atomic E-state index is 0.0148. The average molecular weight is 409 g/mol. The molecule has 3 rings (SSSR count). The molecule has 30 heavy (non-hydrogen) atoms. The quantitative estimate of drug-likeness (QED) is 0.329. The first kappa shape index (κ1) is 21.1. The second kappa shape index (κ2) is 9.75. The van der Waals surface area contributed by atoms with E-state index in [1.54, 1.807) is 19.1 Å². The van der Waals surface area contributed by atoms with Gasteiger partial charge in [-0.05, 0) is 31.9 Å². The van der Waals surface area contributed by atoms with Crippen LogP contribution in [0.2, 0.25) is 0 Å². The molecule has 0 spiro atoms. The van der Waals surface area contributed by atoms with Crippen LogP contribution < -0.4 is 5.32 Å². The van der Waals surface area contributed by atoms with Gasteiger partial charge >= 0.3 is 0 Å². The summed E-state index contributed by atoms with van der Waals surface area (Å²) in [5.74, 6) is -0.347. The van der Waals surface area contributed by atoms with Crippen LogP contribution in [0.15, 0.2) is 54.6 Å². The van der Waals surface area contributed by atoms with Gasteiger partial charge in [0.25, 0.3) is 11.6 Å². The van der Waals surface area contributed by atoms with E-state index < -0.39 is 4.92 Å². The molecule has 1 unspecified atom stereocenters. The number of carbonyl (C=O) groups excluding carboxylic acids is 1. The molecule has 0 saturated carbocycles. The van der Waals surface area contributed by atoms with Gasteiger partial charge in [0.1, 0.15) is 0 Å². The first-order valence-electron chi connectivity index (χ1n) is 9.59. The zero-order valence-electron chi connectivity index (χ0n) is 16.8. The van der Waals surface area contributed by atoms with Gasteiger partial charge in [-0.3, -0.25) is 14.9 Å². The topological polar surface area (TPSA) is 112 Å². The Kier molecular flexibility index (Phi) is 6.87. The van der Waals surface area contributed by atoms with Gasteiger partial charge in [0.05, 0.1) is 22.4 Å². The van der Waals surface area contributed by atoms with E-state index in [4.69, 9.17) is 4.74 Å². The van der Waals surface area contributed by atoms with E-state index in [1.807, 2.05) is 37.3 Å². The van der Waals surface area contributed by atoms with Crippen molar-refractivity contribution in [3.63, 3.8) is 0 Å². The lowest BCUT2D eigenvalue weighted by Gasteiger charge is -2.13. The molecule has 0 saturated heterocycles. The Morgan fingerprint density at radius 1 is 1.23 bits per heavy atom. The molecule has 2 aromatic carbocycles. The lowest BCUT2D eigenvalue weighted by atomic mass is 10.1. The number of benzene rings is 2. The van der Waals surface area contributed by atoms with Crippen LogP contribution in [0, 0.1) is 17.0 Å². The van der Waals surface area contributed by atoms with Gasteiger partial charge in [0, 0.05) is 25.3 Å². The molecule has 1 amide bonds. The molecule has 1 atom stereocenters. The molecule has 9 nitrogen and oxygen atoms in total. The minimum Gasteiger partial charge on any atom is -0.374 e. The normalized spacial score (nSPS) is 11.8. The van der Waals surface area contributed by atoms with Crippen LogP contribution in [0.1, 0.15) is 41.2 Å². The van der Waals surface area contributed by atoms with Crippen LogP contribution in [0.4, 0.5) is 5.69 Å². The Labute approximate surface area is 173 Å². The summed E-state index contributed by atoms with van der Waals surface area (Å²) >= 11 is 0. The minimum atomic E-state index is -0.482. The van der Waals surface area contributed by atoms with Crippen molar-refractivity contribution in [2.24, 2.45) is 0 Å². The Bertz CT molecular complexity index is 1020. The highest BCUT2D eigenvalue weighted by Crippen LogP contribution is 2.18. The fraction of sp³-hybridized carbons (Fsp3) is 0.286. The van der Waals surface area contributed by atoms with Crippen LogP contribution in [-0.2, 0) is 4.74 Å². The molecular formula is C21H23N5O4. The second-order valence-electron chi connectivity index (χ2n) is 6.75. The molecule has 0 aliphatic heterocycles. The molecule has 0 aliphatic rings. The number of nitro benzene ring substituents is 1. The predicted molar refractivity (Wildman–Crippen MR) is 111 cm³/mol. The molecule has 1 N–H and O–H groups in total. The molecule has 0 fully saturated rings. The molecule has 9 heteroatoms. The molecule has 1 heterocycles. The van der Waals surface area contributed by atoms with E-state index in [0.717, 1.165) is 5.56 Å². The number of nitrogens with zero attached hydrogens (tertiary/aromatic N) is 4. The van der Waals surface area contributed by atoms with Crippen LogP contribution in [0.25, 0.3) is 5.69 Å². The van der Waals surface area contributed by atoms with Gasteiger partial charge in [-0.15, -0.1) is 5.10 Å². The number of nitro groups is 1. The summed E-state index contributed by atoms with van der Waals surface area (Å²) in [6, 6.07) is 15.9. The third-order valence-electron chi connectivity index (χ3n) is 4.64. The number of non-ortho nitro benzene ring substituents is 1. The standard InChI is InChI=1S/C21H23N5O4/c1-15-20(23-24-25(15)18-10-6-11-19(14-18)26(28)29)21(27)22-12-7-13-30-16(2)17-8-4-3-5-9-17/h3-6,8-11,14,16H,7,12-13H2,1-2H3,(H,22,27). The number of carbonyl (C=O) groups is 1. The molecule has 0 radical (unpaired) electrons. The second-order valence-corrected chi connectivity index (χ2v) is 6.75. The Morgan fingerprint density at radius 3 is 2.73 bits per heavy atom. The van der Waals surface area contributed by atoms with Crippen molar-refractivity contribution in [1.82, 2.24) is 20.3 Å². The van der Waals surface area contributed by atoms with Crippen LogP contribution in [0.3, 0.4) is 0 Å². The molecule has 0 aliphatic carbocycles. The van der Waals surface area contributed by atoms with E-state index in [0.29, 0.717) is 31.0 Å². The summed E-state index contributed by atoms with van der Waals surface area (Å²) in [5.41, 5.74) is 2.20. The van der Waals surface area contributed by atoms with Crippen molar-refractivity contribution >= 4 is 11.6 Å². The first-order valence-corrected chi connectivity index (χ1v) is 9.59.